The van der Waals surface area contributed by atoms with Gasteiger partial charge in [0.1, 0.15) is 5.75 Å². The first-order chi connectivity index (χ1) is 6.24. The van der Waals surface area contributed by atoms with Crippen LogP contribution in [0.1, 0.15) is 17.0 Å². The summed E-state index contributed by atoms with van der Waals surface area (Å²) in [6, 6.07) is 0. The van der Waals surface area contributed by atoms with Crippen molar-refractivity contribution in [2.24, 2.45) is 0 Å². The summed E-state index contributed by atoms with van der Waals surface area (Å²) in [6.45, 7) is 6.31. The lowest BCUT2D eigenvalue weighted by atomic mass is 10.1. The summed E-state index contributed by atoms with van der Waals surface area (Å²) in [5.41, 5.74) is 2.72. The highest BCUT2D eigenvalue weighted by Crippen LogP contribution is 2.35. The number of pyridine rings is 1. The van der Waals surface area contributed by atoms with Gasteiger partial charge in [-0.3, -0.25) is 4.98 Å². The zero-order chi connectivity index (χ0) is 9.42. The van der Waals surface area contributed by atoms with Crippen molar-refractivity contribution in [3.8, 4) is 5.75 Å². The van der Waals surface area contributed by atoms with E-state index in [1.807, 2.05) is 6.92 Å². The van der Waals surface area contributed by atoms with Crippen molar-refractivity contribution in [1.82, 2.24) is 4.98 Å². The molecular formula is C10H10ClNO. The third kappa shape index (κ3) is 1.22. The molecule has 0 saturated heterocycles. The molecule has 2 heterocycles. The molecule has 0 radical (unpaired) electrons. The molecule has 2 nitrogen and oxygen atoms in total. The SMILES string of the molecule is C=Cc1c(Cl)c(C)nc2c1OCC2. The van der Waals surface area contributed by atoms with Gasteiger partial charge in [-0.25, -0.2) is 0 Å². The second-order valence-electron chi connectivity index (χ2n) is 3.00. The van der Waals surface area contributed by atoms with Crippen molar-refractivity contribution < 1.29 is 4.74 Å². The first-order valence-electron chi connectivity index (χ1n) is 4.18. The average Bonchev–Trinajstić information content (AvgIpc) is 2.54. The predicted octanol–water partition coefficient (Wildman–Crippen LogP) is 2.62. The van der Waals surface area contributed by atoms with Gasteiger partial charge < -0.3 is 4.74 Å². The average molecular weight is 196 g/mol. The molecule has 0 spiro atoms. The molecule has 1 aliphatic rings. The van der Waals surface area contributed by atoms with E-state index in [0.717, 1.165) is 29.1 Å². The first kappa shape index (κ1) is 8.57. The number of halogens is 1. The highest BCUT2D eigenvalue weighted by atomic mass is 35.5. The van der Waals surface area contributed by atoms with Gasteiger partial charge >= 0.3 is 0 Å². The largest absolute Gasteiger partial charge is 0.491 e. The van der Waals surface area contributed by atoms with Crippen molar-refractivity contribution >= 4 is 17.7 Å². The van der Waals surface area contributed by atoms with E-state index in [-0.39, 0.29) is 0 Å². The summed E-state index contributed by atoms with van der Waals surface area (Å²) in [5.74, 6) is 0.811. The third-order valence-corrected chi connectivity index (χ3v) is 2.63. The van der Waals surface area contributed by atoms with Crippen molar-refractivity contribution in [2.45, 2.75) is 13.3 Å². The Morgan fingerprint density at radius 1 is 1.62 bits per heavy atom. The maximum absolute atomic E-state index is 6.06. The molecule has 0 unspecified atom stereocenters. The van der Waals surface area contributed by atoms with Crippen LogP contribution in [0.2, 0.25) is 5.02 Å². The Morgan fingerprint density at radius 2 is 2.38 bits per heavy atom. The summed E-state index contributed by atoms with van der Waals surface area (Å²) < 4.78 is 5.44. The van der Waals surface area contributed by atoms with E-state index in [1.165, 1.54) is 0 Å². The smallest absolute Gasteiger partial charge is 0.149 e. The van der Waals surface area contributed by atoms with E-state index in [2.05, 4.69) is 11.6 Å². The standard InChI is InChI=1S/C10H10ClNO/c1-3-7-9(11)6(2)12-8-4-5-13-10(7)8/h3H,1,4-5H2,2H3. The van der Waals surface area contributed by atoms with E-state index in [1.54, 1.807) is 6.08 Å². The maximum atomic E-state index is 6.06. The van der Waals surface area contributed by atoms with Crippen molar-refractivity contribution in [2.75, 3.05) is 6.61 Å². The Hall–Kier alpha value is -1.02. The van der Waals surface area contributed by atoms with Crippen molar-refractivity contribution in [1.29, 1.82) is 0 Å². The second kappa shape index (κ2) is 3.04. The lowest BCUT2D eigenvalue weighted by molar-refractivity contribution is 0.356. The molecule has 1 aliphatic heterocycles. The minimum absolute atomic E-state index is 0.649. The molecular weight excluding hydrogens is 186 g/mol. The Morgan fingerprint density at radius 3 is 3.08 bits per heavy atom. The Kier molecular flexibility index (Phi) is 2.00. The molecule has 0 fully saturated rings. The van der Waals surface area contributed by atoms with E-state index in [9.17, 15) is 0 Å². The summed E-state index contributed by atoms with van der Waals surface area (Å²) in [5, 5.41) is 0.649. The van der Waals surface area contributed by atoms with E-state index in [0.29, 0.717) is 11.6 Å². The highest BCUT2D eigenvalue weighted by Gasteiger charge is 2.20. The summed E-state index contributed by atoms with van der Waals surface area (Å²) in [6.07, 6.45) is 2.59. The van der Waals surface area contributed by atoms with Crippen LogP contribution in [-0.2, 0) is 6.42 Å². The molecule has 0 aliphatic carbocycles. The fourth-order valence-corrected chi connectivity index (χ4v) is 1.72. The van der Waals surface area contributed by atoms with Crippen LogP contribution in [-0.4, -0.2) is 11.6 Å². The van der Waals surface area contributed by atoms with Gasteiger partial charge in [0.15, 0.2) is 0 Å². The molecule has 2 rings (SSSR count). The molecule has 1 aromatic heterocycles. The normalized spacial score (nSPS) is 13.7. The first-order valence-corrected chi connectivity index (χ1v) is 4.56. The summed E-state index contributed by atoms with van der Waals surface area (Å²) in [7, 11) is 0. The second-order valence-corrected chi connectivity index (χ2v) is 3.38. The van der Waals surface area contributed by atoms with E-state index < -0.39 is 0 Å². The zero-order valence-corrected chi connectivity index (χ0v) is 8.19. The number of hydrogen-bond donors (Lipinski definition) is 0. The molecule has 3 heteroatoms. The predicted molar refractivity (Wildman–Crippen MR) is 53.3 cm³/mol. The van der Waals surface area contributed by atoms with Gasteiger partial charge in [-0.05, 0) is 6.92 Å². The fourth-order valence-electron chi connectivity index (χ4n) is 1.51. The van der Waals surface area contributed by atoms with E-state index in [4.69, 9.17) is 16.3 Å². The van der Waals surface area contributed by atoms with E-state index >= 15 is 0 Å². The quantitative estimate of drug-likeness (QED) is 0.687. The Labute approximate surface area is 82.2 Å². The van der Waals surface area contributed by atoms with Crippen molar-refractivity contribution in [3.05, 3.63) is 28.6 Å². The van der Waals surface area contributed by atoms with Crippen LogP contribution in [0.4, 0.5) is 0 Å². The molecule has 0 aromatic carbocycles. The van der Waals surface area contributed by atoms with Gasteiger partial charge in [-0.1, -0.05) is 24.3 Å². The topological polar surface area (TPSA) is 22.1 Å². The van der Waals surface area contributed by atoms with Crippen LogP contribution >= 0.6 is 11.6 Å². The molecule has 0 atom stereocenters. The zero-order valence-electron chi connectivity index (χ0n) is 7.43. The minimum Gasteiger partial charge on any atom is -0.491 e. The maximum Gasteiger partial charge on any atom is 0.149 e. The lowest BCUT2D eigenvalue weighted by Crippen LogP contribution is -1.93. The number of aromatic nitrogens is 1. The summed E-state index contributed by atoms with van der Waals surface area (Å²) >= 11 is 6.06. The third-order valence-electron chi connectivity index (χ3n) is 2.15. The number of aryl methyl sites for hydroxylation is 1. The van der Waals surface area contributed by atoms with Crippen LogP contribution in [0, 0.1) is 6.92 Å². The molecule has 0 bridgehead atoms. The van der Waals surface area contributed by atoms with Gasteiger partial charge in [-0.2, -0.15) is 0 Å². The van der Waals surface area contributed by atoms with Crippen LogP contribution in [0.3, 0.4) is 0 Å². The monoisotopic (exact) mass is 195 g/mol. The fraction of sp³-hybridized carbons (Fsp3) is 0.300. The van der Waals surface area contributed by atoms with Gasteiger partial charge in [0.25, 0.3) is 0 Å². The Bertz CT molecular complexity index is 374. The summed E-state index contributed by atoms with van der Waals surface area (Å²) in [4.78, 5) is 4.36. The number of nitrogens with zero attached hydrogens (tertiary/aromatic N) is 1. The minimum atomic E-state index is 0.649. The Balaban J connectivity index is 2.71. The van der Waals surface area contributed by atoms with Crippen LogP contribution in [0.15, 0.2) is 6.58 Å². The molecule has 0 N–H and O–H groups in total. The van der Waals surface area contributed by atoms with Crippen LogP contribution < -0.4 is 4.74 Å². The van der Waals surface area contributed by atoms with Gasteiger partial charge in [-0.15, -0.1) is 0 Å². The van der Waals surface area contributed by atoms with Crippen molar-refractivity contribution in [3.63, 3.8) is 0 Å². The van der Waals surface area contributed by atoms with Gasteiger partial charge in [0, 0.05) is 12.0 Å². The van der Waals surface area contributed by atoms with Crippen LogP contribution in [0.5, 0.6) is 5.75 Å². The number of rotatable bonds is 1. The molecule has 0 amide bonds. The van der Waals surface area contributed by atoms with Gasteiger partial charge in [0.2, 0.25) is 0 Å². The number of fused-ring (bicyclic) bond motifs is 1. The molecule has 0 saturated carbocycles. The molecule has 1 aromatic rings. The number of ether oxygens (including phenoxy) is 1. The highest BCUT2D eigenvalue weighted by molar-refractivity contribution is 6.32. The van der Waals surface area contributed by atoms with Gasteiger partial charge in [0.05, 0.1) is 23.0 Å². The molecule has 13 heavy (non-hydrogen) atoms. The number of hydrogen-bond acceptors (Lipinski definition) is 2. The lowest BCUT2D eigenvalue weighted by Gasteiger charge is -2.07. The molecule has 68 valence electrons. The van der Waals surface area contributed by atoms with Crippen LogP contribution in [0.25, 0.3) is 6.08 Å².